The zero-order valence-corrected chi connectivity index (χ0v) is 17.4. The van der Waals surface area contributed by atoms with Gasteiger partial charge in [0, 0.05) is 22.5 Å². The van der Waals surface area contributed by atoms with E-state index in [9.17, 15) is 4.79 Å². The molecule has 0 bridgehead atoms. The van der Waals surface area contributed by atoms with E-state index >= 15 is 0 Å². The molecule has 6 nitrogen and oxygen atoms in total. The number of thiophene rings is 1. The third-order valence-electron chi connectivity index (χ3n) is 5.12. The average Bonchev–Trinajstić information content (AvgIpc) is 2.91. The third kappa shape index (κ3) is 4.07. The van der Waals surface area contributed by atoms with Crippen LogP contribution in [0, 0.1) is 19.8 Å². The predicted molar refractivity (Wildman–Crippen MR) is 110 cm³/mol. The number of H-pyrrole nitrogens is 1. The van der Waals surface area contributed by atoms with E-state index in [1.165, 1.54) is 47.3 Å². The highest BCUT2D eigenvalue weighted by Gasteiger charge is 2.20. The first-order valence-electron chi connectivity index (χ1n) is 9.21. The summed E-state index contributed by atoms with van der Waals surface area (Å²) in [5.74, 6) is 1.65. The zero-order chi connectivity index (χ0) is 19.0. The zero-order valence-electron chi connectivity index (χ0n) is 15.8. The van der Waals surface area contributed by atoms with Crippen molar-refractivity contribution in [3.63, 3.8) is 0 Å². The number of hydrogen-bond acceptors (Lipinski definition) is 7. The number of aromatic nitrogens is 4. The lowest BCUT2D eigenvalue weighted by molar-refractivity contribution is 0.181. The van der Waals surface area contributed by atoms with Crippen LogP contribution < -0.4 is 5.56 Å². The maximum absolute atomic E-state index is 11.6. The summed E-state index contributed by atoms with van der Waals surface area (Å²) in [4.78, 5) is 33.1. The van der Waals surface area contributed by atoms with Crippen LogP contribution in [0.4, 0.5) is 0 Å². The molecule has 27 heavy (non-hydrogen) atoms. The van der Waals surface area contributed by atoms with Gasteiger partial charge in [0.25, 0.3) is 5.56 Å². The first-order chi connectivity index (χ1) is 13.0. The Balaban J connectivity index is 1.70. The number of aromatic amines is 1. The highest BCUT2D eigenvalue weighted by Crippen LogP contribution is 2.37. The number of fused-ring (bicyclic) bond motifs is 1. The fraction of sp³-hybridized carbons (Fsp3) is 0.474. The fourth-order valence-electron chi connectivity index (χ4n) is 3.32. The Morgan fingerprint density at radius 1 is 1.30 bits per heavy atom. The molecule has 1 aliphatic rings. The number of nitrogens with one attached hydrogen (secondary N) is 1. The Labute approximate surface area is 166 Å². The van der Waals surface area contributed by atoms with Crippen molar-refractivity contribution in [2.75, 3.05) is 13.1 Å². The lowest BCUT2D eigenvalue weighted by Gasteiger charge is -2.29. The molecule has 1 N–H and O–H groups in total. The lowest BCUT2D eigenvalue weighted by Crippen LogP contribution is -2.33. The second kappa shape index (κ2) is 7.69. The molecular weight excluding hydrogens is 378 g/mol. The van der Waals surface area contributed by atoms with Crippen molar-refractivity contribution in [3.05, 3.63) is 38.9 Å². The average molecular weight is 402 g/mol. The van der Waals surface area contributed by atoms with Gasteiger partial charge in [-0.3, -0.25) is 9.69 Å². The summed E-state index contributed by atoms with van der Waals surface area (Å²) in [5, 5.41) is 2.50. The molecule has 8 heteroatoms. The SMILES string of the molecule is Cc1sc2nc(CN3CCC(C)CC3)nc(Sc3nccc(=O)[nH]3)c2c1C. The van der Waals surface area contributed by atoms with Crippen molar-refractivity contribution in [1.82, 2.24) is 24.8 Å². The summed E-state index contributed by atoms with van der Waals surface area (Å²) in [5.41, 5.74) is 1.05. The van der Waals surface area contributed by atoms with Gasteiger partial charge in [-0.1, -0.05) is 6.92 Å². The monoisotopic (exact) mass is 401 g/mol. The van der Waals surface area contributed by atoms with Gasteiger partial charge >= 0.3 is 0 Å². The first kappa shape index (κ1) is 18.6. The van der Waals surface area contributed by atoms with Crippen LogP contribution in [0.25, 0.3) is 10.2 Å². The summed E-state index contributed by atoms with van der Waals surface area (Å²) in [7, 11) is 0. The van der Waals surface area contributed by atoms with Gasteiger partial charge in [-0.25, -0.2) is 15.0 Å². The van der Waals surface area contributed by atoms with Crippen LogP contribution in [0.3, 0.4) is 0 Å². The van der Waals surface area contributed by atoms with Crippen LogP contribution in [0.5, 0.6) is 0 Å². The minimum absolute atomic E-state index is 0.154. The molecule has 4 heterocycles. The fourth-order valence-corrected chi connectivity index (χ4v) is 5.38. The van der Waals surface area contributed by atoms with Gasteiger partial charge in [0.15, 0.2) is 5.16 Å². The van der Waals surface area contributed by atoms with Crippen LogP contribution in [0.1, 0.15) is 36.0 Å². The quantitative estimate of drug-likeness (QED) is 0.530. The van der Waals surface area contributed by atoms with E-state index < -0.39 is 0 Å². The van der Waals surface area contributed by atoms with Crippen LogP contribution in [-0.4, -0.2) is 37.9 Å². The minimum atomic E-state index is -0.154. The van der Waals surface area contributed by atoms with Crippen LogP contribution in [-0.2, 0) is 6.54 Å². The molecule has 0 radical (unpaired) electrons. The molecule has 0 aromatic carbocycles. The molecule has 0 aliphatic carbocycles. The summed E-state index contributed by atoms with van der Waals surface area (Å²) in [6, 6.07) is 1.42. The Kier molecular flexibility index (Phi) is 5.29. The molecule has 0 atom stereocenters. The number of nitrogens with zero attached hydrogens (tertiary/aromatic N) is 4. The molecule has 4 rings (SSSR count). The molecule has 1 fully saturated rings. The van der Waals surface area contributed by atoms with Gasteiger partial charge in [0.05, 0.1) is 6.54 Å². The van der Waals surface area contributed by atoms with E-state index in [4.69, 9.17) is 9.97 Å². The molecular formula is C19H23N5OS2. The van der Waals surface area contributed by atoms with Gasteiger partial charge in [-0.05, 0) is 63.0 Å². The van der Waals surface area contributed by atoms with Crippen LogP contribution >= 0.6 is 23.1 Å². The summed E-state index contributed by atoms with van der Waals surface area (Å²) in [6.07, 6.45) is 3.99. The Morgan fingerprint density at radius 2 is 2.07 bits per heavy atom. The summed E-state index contributed by atoms with van der Waals surface area (Å²) < 4.78 is 0. The van der Waals surface area contributed by atoms with Crippen molar-refractivity contribution in [2.24, 2.45) is 5.92 Å². The Hall–Kier alpha value is -1.77. The van der Waals surface area contributed by atoms with Gasteiger partial charge in [-0.15, -0.1) is 11.3 Å². The lowest BCUT2D eigenvalue weighted by atomic mass is 9.99. The maximum Gasteiger partial charge on any atom is 0.251 e. The van der Waals surface area contributed by atoms with Gasteiger partial charge in [-0.2, -0.15) is 0 Å². The maximum atomic E-state index is 11.6. The topological polar surface area (TPSA) is 74.8 Å². The summed E-state index contributed by atoms with van der Waals surface area (Å²) >= 11 is 3.11. The van der Waals surface area contributed by atoms with Gasteiger partial charge < -0.3 is 4.98 Å². The molecule has 0 unspecified atom stereocenters. The molecule has 0 amide bonds. The second-order valence-corrected chi connectivity index (χ2v) is 9.39. The van der Waals surface area contributed by atoms with Crippen LogP contribution in [0.2, 0.25) is 0 Å². The molecule has 3 aromatic heterocycles. The smallest absolute Gasteiger partial charge is 0.251 e. The predicted octanol–water partition coefficient (Wildman–Crippen LogP) is 3.77. The Bertz CT molecular complexity index is 1020. The molecule has 1 saturated heterocycles. The van der Waals surface area contributed by atoms with Gasteiger partial charge in [0.2, 0.25) is 0 Å². The normalized spacial score (nSPS) is 16.3. The van der Waals surface area contributed by atoms with Crippen LogP contribution in [0.15, 0.2) is 27.2 Å². The molecule has 0 saturated carbocycles. The summed E-state index contributed by atoms with van der Waals surface area (Å²) in [6.45, 7) is 9.51. The molecule has 3 aromatic rings. The highest BCUT2D eigenvalue weighted by molar-refractivity contribution is 7.99. The molecule has 142 valence electrons. The van der Waals surface area contributed by atoms with E-state index in [0.29, 0.717) is 5.16 Å². The van der Waals surface area contributed by atoms with E-state index in [0.717, 1.165) is 46.6 Å². The Morgan fingerprint density at radius 3 is 2.81 bits per heavy atom. The highest BCUT2D eigenvalue weighted by atomic mass is 32.2. The number of piperidine rings is 1. The number of likely N-dealkylation sites (tertiary alicyclic amines) is 1. The number of rotatable bonds is 4. The second-order valence-electron chi connectivity index (χ2n) is 7.21. The molecule has 0 spiro atoms. The first-order valence-corrected chi connectivity index (χ1v) is 10.8. The third-order valence-corrected chi connectivity index (χ3v) is 7.11. The number of hydrogen-bond donors (Lipinski definition) is 1. The van der Waals surface area contributed by atoms with Crippen molar-refractivity contribution in [3.8, 4) is 0 Å². The van der Waals surface area contributed by atoms with Crippen molar-refractivity contribution >= 4 is 33.3 Å². The van der Waals surface area contributed by atoms with Crippen molar-refractivity contribution in [1.29, 1.82) is 0 Å². The molecule has 1 aliphatic heterocycles. The van der Waals surface area contributed by atoms with E-state index in [2.05, 4.69) is 35.6 Å². The van der Waals surface area contributed by atoms with E-state index in [-0.39, 0.29) is 5.56 Å². The standard InChI is InChI=1S/C19H23N5OS2/c1-11-5-8-24(9-6-11)10-14-21-17-16(12(2)13(3)26-17)18(22-14)27-19-20-7-4-15(25)23-19/h4,7,11H,5-6,8-10H2,1-3H3,(H,20,23,25). The van der Waals surface area contributed by atoms with Gasteiger partial charge in [0.1, 0.15) is 15.7 Å². The number of aryl methyl sites for hydroxylation is 2. The van der Waals surface area contributed by atoms with Crippen molar-refractivity contribution in [2.45, 2.75) is 50.3 Å². The minimum Gasteiger partial charge on any atom is -0.301 e. The van der Waals surface area contributed by atoms with E-state index in [1.807, 2.05) is 0 Å². The van der Waals surface area contributed by atoms with Crippen molar-refractivity contribution < 1.29 is 0 Å². The largest absolute Gasteiger partial charge is 0.301 e. The van der Waals surface area contributed by atoms with E-state index in [1.54, 1.807) is 11.3 Å².